The lowest BCUT2D eigenvalue weighted by Gasteiger charge is -2.15. The lowest BCUT2D eigenvalue weighted by atomic mass is 10.00. The Balaban J connectivity index is 2.58. The van der Waals surface area contributed by atoms with E-state index in [0.717, 1.165) is 12.8 Å². The minimum Gasteiger partial charge on any atom is -0.396 e. The van der Waals surface area contributed by atoms with Crippen molar-refractivity contribution in [3.8, 4) is 0 Å². The van der Waals surface area contributed by atoms with Crippen LogP contribution in [0.3, 0.4) is 0 Å². The Hall–Kier alpha value is -1.62. The molecular formula is C14H22N2O3. The quantitative estimate of drug-likeness (QED) is 0.770. The van der Waals surface area contributed by atoms with Crippen LogP contribution in [0.5, 0.6) is 0 Å². The molecule has 0 saturated heterocycles. The molecule has 19 heavy (non-hydrogen) atoms. The average molecular weight is 266 g/mol. The lowest BCUT2D eigenvalue weighted by Crippen LogP contribution is -2.31. The molecule has 0 aliphatic heterocycles. The van der Waals surface area contributed by atoms with Gasteiger partial charge >= 0.3 is 0 Å². The van der Waals surface area contributed by atoms with Crippen LogP contribution in [-0.4, -0.2) is 28.7 Å². The summed E-state index contributed by atoms with van der Waals surface area (Å²) in [7, 11) is 1.64. The zero-order valence-electron chi connectivity index (χ0n) is 11.6. The van der Waals surface area contributed by atoms with Crippen LogP contribution < -0.4 is 10.9 Å². The highest BCUT2D eigenvalue weighted by Crippen LogP contribution is 2.09. The van der Waals surface area contributed by atoms with Gasteiger partial charge in [0.25, 0.3) is 11.5 Å². The molecule has 1 amide bonds. The number of nitrogens with zero attached hydrogens (tertiary/aromatic N) is 1. The van der Waals surface area contributed by atoms with Crippen molar-refractivity contribution in [1.82, 2.24) is 9.88 Å². The fraction of sp³-hybridized carbons (Fsp3) is 0.571. The highest BCUT2D eigenvalue weighted by molar-refractivity contribution is 5.93. The van der Waals surface area contributed by atoms with Crippen molar-refractivity contribution in [2.45, 2.75) is 26.2 Å². The molecule has 0 saturated carbocycles. The number of nitrogens with one attached hydrogen (secondary N) is 1. The summed E-state index contributed by atoms with van der Waals surface area (Å²) in [5, 5.41) is 11.8. The maximum atomic E-state index is 11.9. The van der Waals surface area contributed by atoms with Crippen molar-refractivity contribution in [3.63, 3.8) is 0 Å². The number of aryl methyl sites for hydroxylation is 1. The van der Waals surface area contributed by atoms with Gasteiger partial charge in [-0.25, -0.2) is 0 Å². The van der Waals surface area contributed by atoms with Gasteiger partial charge in [-0.1, -0.05) is 13.3 Å². The van der Waals surface area contributed by atoms with E-state index in [1.54, 1.807) is 19.3 Å². The van der Waals surface area contributed by atoms with E-state index in [1.165, 1.54) is 10.6 Å². The number of pyridine rings is 1. The molecule has 1 heterocycles. The minimum atomic E-state index is -0.239. The van der Waals surface area contributed by atoms with Gasteiger partial charge in [-0.2, -0.15) is 0 Å². The number of hydrogen-bond donors (Lipinski definition) is 2. The summed E-state index contributed by atoms with van der Waals surface area (Å²) in [6.07, 6.45) is 4.25. The lowest BCUT2D eigenvalue weighted by molar-refractivity contribution is 0.0942. The van der Waals surface area contributed by atoms with Crippen LogP contribution in [0.4, 0.5) is 0 Å². The zero-order valence-corrected chi connectivity index (χ0v) is 11.6. The molecule has 0 aromatic carbocycles. The van der Waals surface area contributed by atoms with Crippen LogP contribution in [0.2, 0.25) is 0 Å². The normalized spacial score (nSPS) is 12.2. The van der Waals surface area contributed by atoms with E-state index in [4.69, 9.17) is 5.11 Å². The van der Waals surface area contributed by atoms with E-state index in [1.807, 2.05) is 0 Å². The summed E-state index contributed by atoms with van der Waals surface area (Å²) in [6.45, 7) is 2.74. The van der Waals surface area contributed by atoms with Gasteiger partial charge in [0, 0.05) is 38.0 Å². The van der Waals surface area contributed by atoms with Crippen LogP contribution in [0.25, 0.3) is 0 Å². The topological polar surface area (TPSA) is 71.3 Å². The Labute approximate surface area is 113 Å². The number of carbonyl (C=O) groups is 1. The largest absolute Gasteiger partial charge is 0.396 e. The van der Waals surface area contributed by atoms with Gasteiger partial charge in [-0.05, 0) is 24.8 Å². The number of aliphatic hydroxyl groups is 1. The Kier molecular flexibility index (Phi) is 6.29. The fourth-order valence-corrected chi connectivity index (χ4v) is 1.97. The van der Waals surface area contributed by atoms with Crippen LogP contribution in [0.15, 0.2) is 23.1 Å². The van der Waals surface area contributed by atoms with Crippen LogP contribution in [0.1, 0.15) is 36.5 Å². The highest BCUT2D eigenvalue weighted by Gasteiger charge is 2.11. The Morgan fingerprint density at radius 1 is 1.47 bits per heavy atom. The predicted octanol–water partition coefficient (Wildman–Crippen LogP) is 0.914. The van der Waals surface area contributed by atoms with E-state index in [0.29, 0.717) is 18.5 Å². The van der Waals surface area contributed by atoms with Crippen molar-refractivity contribution in [1.29, 1.82) is 0 Å². The first-order valence-corrected chi connectivity index (χ1v) is 6.64. The number of aliphatic hydroxyl groups excluding tert-OH is 1. The second kappa shape index (κ2) is 7.74. The standard InChI is InChI=1S/C14H22N2O3/c1-3-4-11(6-8-17)10-15-14(19)12-5-7-16(2)13(18)9-12/h5,7,9,11,17H,3-4,6,8,10H2,1-2H3,(H,15,19). The maximum absolute atomic E-state index is 11.9. The molecule has 106 valence electrons. The molecule has 0 aliphatic carbocycles. The summed E-state index contributed by atoms with van der Waals surface area (Å²) >= 11 is 0. The van der Waals surface area contributed by atoms with Gasteiger partial charge in [0.1, 0.15) is 0 Å². The first kappa shape index (κ1) is 15.4. The van der Waals surface area contributed by atoms with Crippen LogP contribution >= 0.6 is 0 Å². The zero-order chi connectivity index (χ0) is 14.3. The van der Waals surface area contributed by atoms with Crippen LogP contribution in [0, 0.1) is 5.92 Å². The van der Waals surface area contributed by atoms with Gasteiger partial charge in [0.15, 0.2) is 0 Å². The third-order valence-electron chi connectivity index (χ3n) is 3.15. The molecule has 0 fully saturated rings. The van der Waals surface area contributed by atoms with E-state index >= 15 is 0 Å². The summed E-state index contributed by atoms with van der Waals surface area (Å²) in [5.41, 5.74) is 0.176. The minimum absolute atomic E-state index is 0.131. The highest BCUT2D eigenvalue weighted by atomic mass is 16.3. The van der Waals surface area contributed by atoms with Gasteiger partial charge in [0.05, 0.1) is 0 Å². The Morgan fingerprint density at radius 3 is 2.79 bits per heavy atom. The molecule has 0 radical (unpaired) electrons. The number of amides is 1. The molecular weight excluding hydrogens is 244 g/mol. The molecule has 1 atom stereocenters. The van der Waals surface area contributed by atoms with Crippen molar-refractivity contribution in [2.24, 2.45) is 13.0 Å². The van der Waals surface area contributed by atoms with Gasteiger partial charge < -0.3 is 15.0 Å². The summed E-state index contributed by atoms with van der Waals surface area (Å²) in [5.74, 6) is 0.0437. The van der Waals surface area contributed by atoms with Gasteiger partial charge in [-0.15, -0.1) is 0 Å². The van der Waals surface area contributed by atoms with E-state index in [9.17, 15) is 9.59 Å². The molecule has 0 spiro atoms. The Morgan fingerprint density at radius 2 is 2.21 bits per heavy atom. The molecule has 5 heteroatoms. The monoisotopic (exact) mass is 266 g/mol. The molecule has 0 aliphatic rings. The average Bonchev–Trinajstić information content (AvgIpc) is 2.39. The maximum Gasteiger partial charge on any atom is 0.251 e. The molecule has 1 aromatic heterocycles. The van der Waals surface area contributed by atoms with E-state index in [-0.39, 0.29) is 24.0 Å². The number of carbonyl (C=O) groups excluding carboxylic acids is 1. The first-order chi connectivity index (χ1) is 9.08. The van der Waals surface area contributed by atoms with E-state index in [2.05, 4.69) is 12.2 Å². The second-order valence-corrected chi connectivity index (χ2v) is 4.74. The summed E-state index contributed by atoms with van der Waals surface area (Å²) < 4.78 is 1.42. The van der Waals surface area contributed by atoms with E-state index < -0.39 is 0 Å². The third-order valence-corrected chi connectivity index (χ3v) is 3.15. The predicted molar refractivity (Wildman–Crippen MR) is 74.1 cm³/mol. The molecule has 5 nitrogen and oxygen atoms in total. The molecule has 2 N–H and O–H groups in total. The third kappa shape index (κ3) is 4.87. The second-order valence-electron chi connectivity index (χ2n) is 4.74. The molecule has 1 aromatic rings. The van der Waals surface area contributed by atoms with Gasteiger partial charge in [-0.3, -0.25) is 9.59 Å². The number of rotatable bonds is 7. The summed E-state index contributed by atoms with van der Waals surface area (Å²) in [4.78, 5) is 23.3. The van der Waals surface area contributed by atoms with Crippen molar-refractivity contribution in [2.75, 3.05) is 13.2 Å². The molecule has 1 unspecified atom stereocenters. The van der Waals surface area contributed by atoms with Crippen LogP contribution in [-0.2, 0) is 7.05 Å². The van der Waals surface area contributed by atoms with Crippen molar-refractivity contribution >= 4 is 5.91 Å². The Bertz CT molecular complexity index is 462. The SMILES string of the molecule is CCCC(CCO)CNC(=O)c1ccn(C)c(=O)c1. The first-order valence-electron chi connectivity index (χ1n) is 6.64. The summed E-state index contributed by atoms with van der Waals surface area (Å²) in [6, 6.07) is 2.95. The number of aromatic nitrogens is 1. The smallest absolute Gasteiger partial charge is 0.251 e. The molecule has 0 bridgehead atoms. The number of hydrogen-bond acceptors (Lipinski definition) is 3. The van der Waals surface area contributed by atoms with Crippen molar-refractivity contribution in [3.05, 3.63) is 34.2 Å². The molecule has 1 rings (SSSR count). The van der Waals surface area contributed by atoms with Crippen molar-refractivity contribution < 1.29 is 9.90 Å². The van der Waals surface area contributed by atoms with Gasteiger partial charge in [0.2, 0.25) is 0 Å². The fourth-order valence-electron chi connectivity index (χ4n) is 1.97.